The molecule has 2 aromatic rings. The third-order valence-corrected chi connectivity index (χ3v) is 3.37. The molecule has 0 spiro atoms. The van der Waals surface area contributed by atoms with Gasteiger partial charge in [0.25, 0.3) is 0 Å². The van der Waals surface area contributed by atoms with Crippen LogP contribution in [0.3, 0.4) is 0 Å². The highest BCUT2D eigenvalue weighted by atomic mass is 79.9. The quantitative estimate of drug-likeness (QED) is 0.634. The van der Waals surface area contributed by atoms with Gasteiger partial charge in [-0.05, 0) is 27.8 Å². The maximum atomic E-state index is 3.60. The first-order chi connectivity index (χ1) is 7.00. The number of halogens is 1. The third-order valence-electron chi connectivity index (χ3n) is 2.68. The minimum atomic E-state index is 0.195. The van der Waals surface area contributed by atoms with Crippen LogP contribution in [-0.2, 0) is 5.41 Å². The maximum Gasteiger partial charge on any atom is 0.0253 e. The molecule has 0 aliphatic heterocycles. The molecule has 1 heteroatoms. The van der Waals surface area contributed by atoms with E-state index in [0.29, 0.717) is 0 Å². The van der Waals surface area contributed by atoms with Gasteiger partial charge in [0.2, 0.25) is 0 Å². The molecule has 0 unspecified atom stereocenters. The lowest BCUT2D eigenvalue weighted by Gasteiger charge is -2.21. The van der Waals surface area contributed by atoms with Crippen LogP contribution in [0.1, 0.15) is 26.3 Å². The lowest BCUT2D eigenvalue weighted by molar-refractivity contribution is 0.596. The molecule has 0 radical (unpaired) electrons. The summed E-state index contributed by atoms with van der Waals surface area (Å²) in [6.45, 7) is 6.76. The Kier molecular flexibility index (Phi) is 2.59. The Balaban J connectivity index is 2.84. The van der Waals surface area contributed by atoms with E-state index in [4.69, 9.17) is 0 Å². The van der Waals surface area contributed by atoms with Gasteiger partial charge in [-0.1, -0.05) is 67.0 Å². The summed E-state index contributed by atoms with van der Waals surface area (Å²) >= 11 is 3.60. The standard InChI is InChI=1S/C14H15Br/c1-14(2,3)12-8-9-13(15)11-7-5-4-6-10(11)12/h4-9H,1-3H3. The molecule has 0 aromatic heterocycles. The second kappa shape index (κ2) is 3.64. The minimum Gasteiger partial charge on any atom is -0.0616 e. The highest BCUT2D eigenvalue weighted by Gasteiger charge is 2.16. The van der Waals surface area contributed by atoms with Gasteiger partial charge in [0.1, 0.15) is 0 Å². The van der Waals surface area contributed by atoms with Crippen molar-refractivity contribution in [3.05, 3.63) is 46.4 Å². The Morgan fingerprint density at radius 2 is 1.47 bits per heavy atom. The van der Waals surface area contributed by atoms with Crippen LogP contribution in [0.5, 0.6) is 0 Å². The molecule has 78 valence electrons. The van der Waals surface area contributed by atoms with Gasteiger partial charge in [-0.2, -0.15) is 0 Å². The average Bonchev–Trinajstić information content (AvgIpc) is 2.17. The fourth-order valence-corrected chi connectivity index (χ4v) is 2.39. The van der Waals surface area contributed by atoms with Crippen molar-refractivity contribution in [3.8, 4) is 0 Å². The average molecular weight is 263 g/mol. The van der Waals surface area contributed by atoms with Gasteiger partial charge in [-0.3, -0.25) is 0 Å². The van der Waals surface area contributed by atoms with E-state index < -0.39 is 0 Å². The molecule has 0 amide bonds. The summed E-state index contributed by atoms with van der Waals surface area (Å²) in [6, 6.07) is 12.9. The summed E-state index contributed by atoms with van der Waals surface area (Å²) in [5.41, 5.74) is 1.60. The van der Waals surface area contributed by atoms with Crippen molar-refractivity contribution < 1.29 is 0 Å². The van der Waals surface area contributed by atoms with E-state index in [0.717, 1.165) is 0 Å². The summed E-state index contributed by atoms with van der Waals surface area (Å²) in [4.78, 5) is 0. The summed E-state index contributed by atoms with van der Waals surface area (Å²) in [5, 5.41) is 2.64. The number of hydrogen-bond acceptors (Lipinski definition) is 0. The van der Waals surface area contributed by atoms with E-state index in [1.54, 1.807) is 0 Å². The van der Waals surface area contributed by atoms with Crippen LogP contribution in [0.4, 0.5) is 0 Å². The third kappa shape index (κ3) is 1.93. The van der Waals surface area contributed by atoms with Gasteiger partial charge < -0.3 is 0 Å². The largest absolute Gasteiger partial charge is 0.0616 e. The van der Waals surface area contributed by atoms with Crippen LogP contribution in [0, 0.1) is 0 Å². The Morgan fingerprint density at radius 3 is 2.07 bits per heavy atom. The smallest absolute Gasteiger partial charge is 0.0253 e. The predicted octanol–water partition coefficient (Wildman–Crippen LogP) is 4.90. The topological polar surface area (TPSA) is 0 Å². The fourth-order valence-electron chi connectivity index (χ4n) is 1.92. The van der Waals surface area contributed by atoms with Gasteiger partial charge >= 0.3 is 0 Å². The molecule has 0 aliphatic rings. The van der Waals surface area contributed by atoms with Crippen LogP contribution in [0.2, 0.25) is 0 Å². The van der Waals surface area contributed by atoms with Gasteiger partial charge in [0.15, 0.2) is 0 Å². The Morgan fingerprint density at radius 1 is 0.867 bits per heavy atom. The van der Waals surface area contributed by atoms with Crippen molar-refractivity contribution in [2.45, 2.75) is 26.2 Å². The van der Waals surface area contributed by atoms with Crippen LogP contribution in [0.15, 0.2) is 40.9 Å². The second-order valence-corrected chi connectivity index (χ2v) is 5.74. The van der Waals surface area contributed by atoms with E-state index in [1.807, 2.05) is 0 Å². The van der Waals surface area contributed by atoms with Crippen molar-refractivity contribution in [2.24, 2.45) is 0 Å². The summed E-state index contributed by atoms with van der Waals surface area (Å²) in [7, 11) is 0. The minimum absolute atomic E-state index is 0.195. The first-order valence-corrected chi connectivity index (χ1v) is 5.97. The zero-order valence-corrected chi connectivity index (χ0v) is 10.9. The van der Waals surface area contributed by atoms with Gasteiger partial charge in [0.05, 0.1) is 0 Å². The van der Waals surface area contributed by atoms with Gasteiger partial charge in [-0.15, -0.1) is 0 Å². The van der Waals surface area contributed by atoms with Crippen molar-refractivity contribution in [1.29, 1.82) is 0 Å². The number of fused-ring (bicyclic) bond motifs is 1. The Hall–Kier alpha value is -0.820. The molecule has 0 heterocycles. The molecule has 0 saturated carbocycles. The van der Waals surface area contributed by atoms with E-state index in [-0.39, 0.29) is 5.41 Å². The molecule has 2 aromatic carbocycles. The van der Waals surface area contributed by atoms with Crippen LogP contribution in [-0.4, -0.2) is 0 Å². The van der Waals surface area contributed by atoms with Crippen LogP contribution in [0.25, 0.3) is 10.8 Å². The number of hydrogen-bond donors (Lipinski definition) is 0. The Labute approximate surface area is 99.4 Å². The summed E-state index contributed by atoms with van der Waals surface area (Å²) < 4.78 is 1.17. The number of benzene rings is 2. The van der Waals surface area contributed by atoms with Crippen LogP contribution < -0.4 is 0 Å². The first-order valence-electron chi connectivity index (χ1n) is 5.18. The molecular formula is C14H15Br. The van der Waals surface area contributed by atoms with Crippen molar-refractivity contribution in [1.82, 2.24) is 0 Å². The molecule has 0 nitrogen and oxygen atoms in total. The maximum absolute atomic E-state index is 3.60. The zero-order valence-electron chi connectivity index (χ0n) is 9.34. The predicted molar refractivity (Wildman–Crippen MR) is 70.3 cm³/mol. The molecule has 15 heavy (non-hydrogen) atoms. The lowest BCUT2D eigenvalue weighted by atomic mass is 9.84. The van der Waals surface area contributed by atoms with Crippen molar-refractivity contribution in [2.75, 3.05) is 0 Å². The van der Waals surface area contributed by atoms with Crippen LogP contribution >= 0.6 is 15.9 Å². The molecule has 0 aliphatic carbocycles. The van der Waals surface area contributed by atoms with Gasteiger partial charge in [-0.25, -0.2) is 0 Å². The molecule has 0 fully saturated rings. The number of rotatable bonds is 0. The Bertz CT molecular complexity index is 492. The molecule has 0 bridgehead atoms. The zero-order chi connectivity index (χ0) is 11.1. The second-order valence-electron chi connectivity index (χ2n) is 4.89. The molecular weight excluding hydrogens is 248 g/mol. The molecule has 0 N–H and O–H groups in total. The van der Waals surface area contributed by atoms with E-state index >= 15 is 0 Å². The molecule has 2 rings (SSSR count). The SMILES string of the molecule is CC(C)(C)c1ccc(Br)c2ccccc12. The van der Waals surface area contributed by atoms with Crippen molar-refractivity contribution >= 4 is 26.7 Å². The normalized spacial score (nSPS) is 12.0. The fraction of sp³-hybridized carbons (Fsp3) is 0.286. The van der Waals surface area contributed by atoms with E-state index in [9.17, 15) is 0 Å². The van der Waals surface area contributed by atoms with Crippen molar-refractivity contribution in [3.63, 3.8) is 0 Å². The molecule has 0 saturated heterocycles. The highest BCUT2D eigenvalue weighted by molar-refractivity contribution is 9.10. The molecule has 0 atom stereocenters. The monoisotopic (exact) mass is 262 g/mol. The highest BCUT2D eigenvalue weighted by Crippen LogP contribution is 2.33. The lowest BCUT2D eigenvalue weighted by Crippen LogP contribution is -2.11. The summed E-state index contributed by atoms with van der Waals surface area (Å²) in [6.07, 6.45) is 0. The summed E-state index contributed by atoms with van der Waals surface area (Å²) in [5.74, 6) is 0. The first kappa shape index (κ1) is 10.7. The van der Waals surface area contributed by atoms with Gasteiger partial charge in [0, 0.05) is 4.47 Å². The van der Waals surface area contributed by atoms with E-state index in [2.05, 4.69) is 73.1 Å². The van der Waals surface area contributed by atoms with E-state index in [1.165, 1.54) is 20.8 Å².